The summed E-state index contributed by atoms with van der Waals surface area (Å²) >= 11 is 0. The molecule has 0 aliphatic heterocycles. The molecule has 2 amide bonds. The fraction of sp³-hybridized carbons (Fsp3) is 0.486. The highest BCUT2D eigenvalue weighted by molar-refractivity contribution is 5.90. The Balaban J connectivity index is 1.56. The van der Waals surface area contributed by atoms with Gasteiger partial charge in [-0.05, 0) is 70.4 Å². The molecule has 0 bridgehead atoms. The van der Waals surface area contributed by atoms with Crippen molar-refractivity contribution in [3.63, 3.8) is 0 Å². The maximum Gasteiger partial charge on any atom is 0.322 e. The summed E-state index contributed by atoms with van der Waals surface area (Å²) in [5.74, 6) is 0.415. The van der Waals surface area contributed by atoms with Crippen LogP contribution in [0.25, 0.3) is 0 Å². The minimum absolute atomic E-state index is 0.0112. The number of urea groups is 1. The van der Waals surface area contributed by atoms with Crippen molar-refractivity contribution in [3.05, 3.63) is 94.5 Å². The van der Waals surface area contributed by atoms with Crippen LogP contribution < -0.4 is 5.32 Å². The van der Waals surface area contributed by atoms with Crippen molar-refractivity contribution in [2.75, 3.05) is 5.32 Å². The lowest BCUT2D eigenvalue weighted by Gasteiger charge is -2.32. The van der Waals surface area contributed by atoms with Crippen LogP contribution in [-0.2, 0) is 30.2 Å². The zero-order valence-corrected chi connectivity index (χ0v) is 26.1. The van der Waals surface area contributed by atoms with Crippen molar-refractivity contribution in [1.29, 1.82) is 0 Å². The first-order valence-electron chi connectivity index (χ1n) is 15.5. The number of rotatable bonds is 7. The second-order valence-electron chi connectivity index (χ2n) is 13.9. The number of nitrogens with one attached hydrogen (secondary N) is 1. The van der Waals surface area contributed by atoms with Gasteiger partial charge in [0.1, 0.15) is 5.75 Å². The van der Waals surface area contributed by atoms with Crippen LogP contribution in [0.3, 0.4) is 0 Å². The number of para-hydroxylation sites is 1. The van der Waals surface area contributed by atoms with Gasteiger partial charge >= 0.3 is 6.03 Å². The molecule has 3 aromatic carbocycles. The number of amides is 2. The SMILES string of the molecule is CC(C)(C)c1cc(CCc2ccccc2NC(=O)N(Cc2ccccc2)C2CCCCCC2)cc(C(C)(C)C)c1O. The summed E-state index contributed by atoms with van der Waals surface area (Å²) in [5.41, 5.74) is 6.04. The highest BCUT2D eigenvalue weighted by Gasteiger charge is 2.27. The first-order valence-corrected chi connectivity index (χ1v) is 15.5. The molecule has 4 heteroatoms. The van der Waals surface area contributed by atoms with Crippen LogP contribution >= 0.6 is 0 Å². The fourth-order valence-corrected chi connectivity index (χ4v) is 6.02. The second kappa shape index (κ2) is 13.1. The van der Waals surface area contributed by atoms with Crippen molar-refractivity contribution in [1.82, 2.24) is 4.90 Å². The zero-order chi connectivity index (χ0) is 29.6. The molecular weight excluding hydrogens is 504 g/mol. The van der Waals surface area contributed by atoms with Gasteiger partial charge < -0.3 is 15.3 Å². The number of hydrogen-bond acceptors (Lipinski definition) is 2. The molecule has 0 atom stereocenters. The number of carbonyl (C=O) groups is 1. The first-order chi connectivity index (χ1) is 19.4. The average molecular weight is 555 g/mol. The summed E-state index contributed by atoms with van der Waals surface area (Å²) in [6, 6.07) is 23.1. The highest BCUT2D eigenvalue weighted by atomic mass is 16.3. The number of phenolic OH excluding ortho intramolecular Hbond substituents is 1. The lowest BCUT2D eigenvalue weighted by atomic mass is 9.78. The summed E-state index contributed by atoms with van der Waals surface area (Å²) in [5, 5.41) is 14.5. The van der Waals surface area contributed by atoms with Crippen molar-refractivity contribution in [2.45, 2.75) is 116 Å². The molecular formula is C37H50N2O2. The maximum absolute atomic E-state index is 13.9. The van der Waals surface area contributed by atoms with Crippen LogP contribution in [0.2, 0.25) is 0 Å². The van der Waals surface area contributed by atoms with E-state index < -0.39 is 0 Å². The first kappa shape index (κ1) is 30.7. The van der Waals surface area contributed by atoms with Gasteiger partial charge in [-0.2, -0.15) is 0 Å². The van der Waals surface area contributed by atoms with E-state index in [-0.39, 0.29) is 22.9 Å². The van der Waals surface area contributed by atoms with Crippen LogP contribution in [0.15, 0.2) is 66.7 Å². The quantitative estimate of drug-likeness (QED) is 0.286. The van der Waals surface area contributed by atoms with E-state index >= 15 is 0 Å². The summed E-state index contributed by atoms with van der Waals surface area (Å²) < 4.78 is 0. The van der Waals surface area contributed by atoms with Crippen molar-refractivity contribution in [2.24, 2.45) is 0 Å². The van der Waals surface area contributed by atoms with Crippen LogP contribution in [0.5, 0.6) is 5.75 Å². The predicted molar refractivity (Wildman–Crippen MR) is 172 cm³/mol. The molecule has 220 valence electrons. The molecule has 2 N–H and O–H groups in total. The number of benzene rings is 3. The fourth-order valence-electron chi connectivity index (χ4n) is 6.02. The van der Waals surface area contributed by atoms with Gasteiger partial charge in [0.05, 0.1) is 0 Å². The lowest BCUT2D eigenvalue weighted by Crippen LogP contribution is -2.42. The maximum atomic E-state index is 13.9. The van der Waals surface area contributed by atoms with E-state index in [0.29, 0.717) is 12.3 Å². The minimum atomic E-state index is -0.161. The molecule has 3 aromatic rings. The Bertz CT molecular complexity index is 1260. The number of aromatic hydroxyl groups is 1. The summed E-state index contributed by atoms with van der Waals surface area (Å²) in [6.07, 6.45) is 8.63. The lowest BCUT2D eigenvalue weighted by molar-refractivity contribution is 0.175. The van der Waals surface area contributed by atoms with Gasteiger partial charge in [-0.3, -0.25) is 0 Å². The van der Waals surface area contributed by atoms with E-state index in [9.17, 15) is 9.90 Å². The Hall–Kier alpha value is -3.27. The van der Waals surface area contributed by atoms with Crippen LogP contribution in [-0.4, -0.2) is 22.1 Å². The third kappa shape index (κ3) is 8.15. The number of nitrogens with zero attached hydrogens (tertiary/aromatic N) is 1. The number of aryl methyl sites for hydroxylation is 2. The predicted octanol–water partition coefficient (Wildman–Crippen LogP) is 9.53. The van der Waals surface area contributed by atoms with Crippen LogP contribution in [0, 0.1) is 0 Å². The normalized spacial score (nSPS) is 14.9. The monoisotopic (exact) mass is 554 g/mol. The molecule has 0 aromatic heterocycles. The molecule has 0 saturated heterocycles. The van der Waals surface area contributed by atoms with Gasteiger partial charge in [0.15, 0.2) is 0 Å². The Morgan fingerprint density at radius 1 is 0.780 bits per heavy atom. The minimum Gasteiger partial charge on any atom is -0.507 e. The van der Waals surface area contributed by atoms with Gasteiger partial charge in [0.25, 0.3) is 0 Å². The van der Waals surface area contributed by atoms with Crippen molar-refractivity contribution < 1.29 is 9.90 Å². The molecule has 1 aliphatic carbocycles. The molecule has 4 rings (SSSR count). The van der Waals surface area contributed by atoms with Crippen LogP contribution in [0.1, 0.15) is 108 Å². The Labute approximate surface area is 248 Å². The Kier molecular flexibility index (Phi) is 9.84. The van der Waals surface area contributed by atoms with Gasteiger partial charge in [0.2, 0.25) is 0 Å². The van der Waals surface area contributed by atoms with Crippen LogP contribution in [0.4, 0.5) is 10.5 Å². The van der Waals surface area contributed by atoms with Gasteiger partial charge in [-0.25, -0.2) is 4.79 Å². The second-order valence-corrected chi connectivity index (χ2v) is 13.9. The third-order valence-electron chi connectivity index (χ3n) is 8.45. The van der Waals surface area contributed by atoms with Gasteiger partial charge in [-0.15, -0.1) is 0 Å². The number of phenols is 1. The smallest absolute Gasteiger partial charge is 0.322 e. The number of anilines is 1. The van der Waals surface area contributed by atoms with Gasteiger partial charge in [0, 0.05) is 18.3 Å². The molecule has 41 heavy (non-hydrogen) atoms. The van der Waals surface area contributed by atoms with E-state index in [1.54, 1.807) is 0 Å². The summed E-state index contributed by atoms with van der Waals surface area (Å²) in [6.45, 7) is 13.5. The van der Waals surface area contributed by atoms with E-state index in [1.807, 2.05) is 30.3 Å². The Morgan fingerprint density at radius 2 is 1.34 bits per heavy atom. The van der Waals surface area contributed by atoms with Gasteiger partial charge in [-0.1, -0.05) is 128 Å². The van der Waals surface area contributed by atoms with E-state index in [4.69, 9.17) is 0 Å². The van der Waals surface area contributed by atoms with Crippen molar-refractivity contribution in [3.8, 4) is 5.75 Å². The standard InChI is InChI=1S/C37H50N2O2/c1-36(2,3)31-24-28(25-32(34(31)40)37(4,5)6)22-23-29-18-14-15-21-33(29)38-35(41)39(26-27-16-10-9-11-17-27)30-19-12-7-8-13-20-30/h9-11,14-18,21,24-25,30,40H,7-8,12-13,19-20,22-23,26H2,1-6H3,(H,38,41). The molecule has 1 saturated carbocycles. The molecule has 0 unspecified atom stereocenters. The number of hydrogen-bond donors (Lipinski definition) is 2. The Morgan fingerprint density at radius 3 is 1.93 bits per heavy atom. The average Bonchev–Trinajstić information content (AvgIpc) is 3.20. The summed E-state index contributed by atoms with van der Waals surface area (Å²) in [4.78, 5) is 16.0. The van der Waals surface area contributed by atoms with E-state index in [1.165, 1.54) is 31.2 Å². The molecule has 1 aliphatic rings. The molecule has 1 fully saturated rings. The third-order valence-corrected chi connectivity index (χ3v) is 8.45. The molecule has 0 spiro atoms. The highest BCUT2D eigenvalue weighted by Crippen LogP contribution is 2.40. The largest absolute Gasteiger partial charge is 0.507 e. The van der Waals surface area contributed by atoms with E-state index in [0.717, 1.165) is 53.6 Å². The molecule has 0 radical (unpaired) electrons. The van der Waals surface area contributed by atoms with E-state index in [2.05, 4.69) is 88.2 Å². The summed E-state index contributed by atoms with van der Waals surface area (Å²) in [7, 11) is 0. The molecule has 0 heterocycles. The molecule has 4 nitrogen and oxygen atoms in total. The topological polar surface area (TPSA) is 52.6 Å². The van der Waals surface area contributed by atoms with Crippen molar-refractivity contribution >= 4 is 11.7 Å². The zero-order valence-electron chi connectivity index (χ0n) is 26.1. The number of carbonyl (C=O) groups excluding carboxylic acids is 1.